The second-order valence-electron chi connectivity index (χ2n) is 2.77. The quantitative estimate of drug-likeness (QED) is 0.534. The Kier molecular flexibility index (Phi) is 1.50. The van der Waals surface area contributed by atoms with Crippen LogP contribution in [0, 0.1) is 18.1 Å². The van der Waals surface area contributed by atoms with Gasteiger partial charge in [0, 0.05) is 5.39 Å². The number of hydrogen-bond donors (Lipinski definition) is 0. The van der Waals surface area contributed by atoms with Crippen molar-refractivity contribution >= 4 is 10.8 Å². The molecule has 0 nitrogen and oxygen atoms in total. The highest BCUT2D eigenvalue weighted by Gasteiger charge is 2.03. The fraction of sp³-hybridized carbons (Fsp3) is 0. The van der Waals surface area contributed by atoms with Crippen LogP contribution in [-0.2, 0) is 0 Å². The van der Waals surface area contributed by atoms with Crippen molar-refractivity contribution in [2.45, 2.75) is 0 Å². The Morgan fingerprint density at radius 2 is 2.08 bits per heavy atom. The van der Waals surface area contributed by atoms with Gasteiger partial charge in [0.25, 0.3) is 0 Å². The molecule has 1 heteroatoms. The molecule has 0 aliphatic rings. The maximum absolute atomic E-state index is 13.3. The molecule has 0 aliphatic heterocycles. The molecule has 0 heterocycles. The van der Waals surface area contributed by atoms with Gasteiger partial charge in [-0.15, -0.1) is 6.40 Å². The highest BCUT2D eigenvalue weighted by Crippen LogP contribution is 2.20. The molecule has 0 unspecified atom stereocenters. The average Bonchev–Trinajstić information content (AvgIpc) is 2.23. The van der Waals surface area contributed by atoms with Gasteiger partial charge in [-0.05, 0) is 11.5 Å². The first kappa shape index (κ1) is 6.68. The van der Waals surface area contributed by atoms with E-state index >= 15 is 0 Å². The summed E-state index contributed by atoms with van der Waals surface area (Å²) in [7, 11) is 0. The van der Waals surface area contributed by atoms with Crippen molar-refractivity contribution in [3.8, 4) is 12.3 Å². The number of hydrogen-bond acceptors (Lipinski definition) is 0. The van der Waals surface area contributed by atoms with Crippen molar-refractivity contribution in [2.75, 3.05) is 0 Å². The number of terminal acetylenes is 1. The summed E-state index contributed by atoms with van der Waals surface area (Å²) in [5.41, 5.74) is 0.304. The molecular formula is C12H7F. The molecule has 0 saturated carbocycles. The Balaban J connectivity index is 2.87. The van der Waals surface area contributed by atoms with Crippen LogP contribution in [0.1, 0.15) is 6.93 Å². The van der Waals surface area contributed by atoms with Gasteiger partial charge >= 0.3 is 0 Å². The summed E-state index contributed by atoms with van der Waals surface area (Å²) in [6.45, 7) is 0. The van der Waals surface area contributed by atoms with Crippen molar-refractivity contribution in [1.82, 2.24) is 0 Å². The normalized spacial score (nSPS) is 10.4. The summed E-state index contributed by atoms with van der Waals surface area (Å²) >= 11 is 0. The summed E-state index contributed by atoms with van der Waals surface area (Å²) in [5, 5.41) is 1.69. The van der Waals surface area contributed by atoms with E-state index in [9.17, 15) is 4.39 Å². The van der Waals surface area contributed by atoms with Crippen molar-refractivity contribution in [2.24, 2.45) is 0 Å². The predicted molar refractivity (Wildman–Crippen MR) is 51.8 cm³/mol. The Labute approximate surface area is 77.4 Å². The Morgan fingerprint density at radius 3 is 2.92 bits per heavy atom. The first-order valence-corrected chi connectivity index (χ1v) is 3.93. The lowest BCUT2D eigenvalue weighted by Gasteiger charge is -2.00. The van der Waals surface area contributed by atoms with Crippen LogP contribution in [0.25, 0.3) is 10.8 Å². The molecule has 2 aromatic carbocycles. The lowest BCUT2D eigenvalue weighted by Crippen LogP contribution is -1.85. The van der Waals surface area contributed by atoms with Crippen LogP contribution in [0.2, 0.25) is 0 Å². The van der Waals surface area contributed by atoms with E-state index in [1.807, 2.05) is 24.6 Å². The molecule has 0 amide bonds. The SMILES string of the molecule is [2H]C#Cc1c(F)ccc2ccccc12. The highest BCUT2D eigenvalue weighted by molar-refractivity contribution is 5.88. The van der Waals surface area contributed by atoms with Gasteiger partial charge in [-0.25, -0.2) is 4.39 Å². The van der Waals surface area contributed by atoms with Crippen LogP contribution in [-0.4, -0.2) is 0 Å². The number of benzene rings is 2. The number of fused-ring (bicyclic) bond motifs is 1. The molecule has 0 N–H and O–H groups in total. The Bertz CT molecular complexity index is 535. The van der Waals surface area contributed by atoms with Gasteiger partial charge in [0.2, 0.25) is 0 Å². The lowest BCUT2D eigenvalue weighted by molar-refractivity contribution is 0.626. The van der Waals surface area contributed by atoms with Crippen LogP contribution >= 0.6 is 0 Å². The zero-order valence-electron chi connectivity index (χ0n) is 7.84. The van der Waals surface area contributed by atoms with Crippen LogP contribution < -0.4 is 0 Å². The lowest BCUT2D eigenvalue weighted by atomic mass is 10.0. The maximum atomic E-state index is 13.3. The van der Waals surface area contributed by atoms with E-state index in [-0.39, 0.29) is 5.82 Å². The Morgan fingerprint density at radius 1 is 1.23 bits per heavy atom. The summed E-state index contributed by atoms with van der Waals surface area (Å²) in [6, 6.07) is 10.5. The second-order valence-corrected chi connectivity index (χ2v) is 2.77. The van der Waals surface area contributed by atoms with Gasteiger partial charge in [-0.3, -0.25) is 0 Å². The first-order valence-electron chi connectivity index (χ1n) is 4.43. The first-order chi connectivity index (χ1) is 6.83. The molecule has 0 aliphatic carbocycles. The second kappa shape index (κ2) is 2.91. The third-order valence-electron chi connectivity index (χ3n) is 2.00. The number of halogens is 1. The molecule has 0 spiro atoms. The molecule has 2 rings (SSSR count). The Hall–Kier alpha value is -1.81. The summed E-state index contributed by atoms with van der Waals surface area (Å²) in [5.74, 6) is 2.09. The van der Waals surface area contributed by atoms with E-state index in [1.54, 1.807) is 12.1 Å². The van der Waals surface area contributed by atoms with Crippen molar-refractivity contribution < 1.29 is 5.76 Å². The summed E-state index contributed by atoms with van der Waals surface area (Å²) < 4.78 is 20.1. The molecule has 0 aromatic heterocycles. The minimum atomic E-state index is -0.372. The smallest absolute Gasteiger partial charge is 0.139 e. The van der Waals surface area contributed by atoms with Gasteiger partial charge in [0.1, 0.15) is 7.19 Å². The zero-order valence-corrected chi connectivity index (χ0v) is 6.84. The molecule has 0 atom stereocenters. The fourth-order valence-electron chi connectivity index (χ4n) is 1.37. The van der Waals surface area contributed by atoms with Gasteiger partial charge in [-0.2, -0.15) is 0 Å². The molecular weight excluding hydrogens is 163 g/mol. The van der Waals surface area contributed by atoms with Crippen LogP contribution in [0.3, 0.4) is 0 Å². The van der Waals surface area contributed by atoms with E-state index in [0.29, 0.717) is 5.56 Å². The van der Waals surface area contributed by atoms with Crippen LogP contribution in [0.4, 0.5) is 4.39 Å². The standard InChI is InChI=1S/C12H7F/c1-2-10-11-6-4-3-5-9(11)7-8-12(10)13/h1,3-8H/i1D. The molecule has 0 radical (unpaired) electrons. The van der Waals surface area contributed by atoms with Gasteiger partial charge < -0.3 is 0 Å². The van der Waals surface area contributed by atoms with Crippen LogP contribution in [0.5, 0.6) is 0 Å². The molecule has 13 heavy (non-hydrogen) atoms. The average molecular weight is 171 g/mol. The monoisotopic (exact) mass is 171 g/mol. The number of rotatable bonds is 0. The molecule has 0 fully saturated rings. The van der Waals surface area contributed by atoms with E-state index in [0.717, 1.165) is 10.8 Å². The van der Waals surface area contributed by atoms with Gasteiger partial charge in [0.05, 0.1) is 5.56 Å². The van der Waals surface area contributed by atoms with E-state index in [2.05, 4.69) is 5.92 Å². The summed E-state index contributed by atoms with van der Waals surface area (Å²) in [6.07, 6.45) is 1.98. The minimum absolute atomic E-state index is 0.304. The summed E-state index contributed by atoms with van der Waals surface area (Å²) in [4.78, 5) is 0. The minimum Gasteiger partial charge on any atom is -0.206 e. The predicted octanol–water partition coefficient (Wildman–Crippen LogP) is 2.96. The highest BCUT2D eigenvalue weighted by atomic mass is 19.1. The molecule has 2 aromatic rings. The van der Waals surface area contributed by atoms with Gasteiger partial charge in [0.15, 0.2) is 0 Å². The fourth-order valence-corrected chi connectivity index (χ4v) is 1.37. The maximum Gasteiger partial charge on any atom is 0.139 e. The van der Waals surface area contributed by atoms with Crippen molar-refractivity contribution in [3.05, 3.63) is 47.8 Å². The largest absolute Gasteiger partial charge is 0.206 e. The van der Waals surface area contributed by atoms with Gasteiger partial charge in [-0.1, -0.05) is 36.3 Å². The van der Waals surface area contributed by atoms with E-state index < -0.39 is 0 Å². The van der Waals surface area contributed by atoms with Crippen LogP contribution in [0.15, 0.2) is 36.4 Å². The zero-order chi connectivity index (χ0) is 9.97. The molecule has 62 valence electrons. The topological polar surface area (TPSA) is 0 Å². The van der Waals surface area contributed by atoms with E-state index in [1.165, 1.54) is 6.07 Å². The van der Waals surface area contributed by atoms with E-state index in [4.69, 9.17) is 1.37 Å². The van der Waals surface area contributed by atoms with Crippen molar-refractivity contribution in [1.29, 1.82) is 0 Å². The third kappa shape index (κ3) is 1.17. The van der Waals surface area contributed by atoms with Crippen molar-refractivity contribution in [3.63, 3.8) is 0 Å². The molecule has 0 saturated heterocycles. The third-order valence-corrected chi connectivity index (χ3v) is 2.00. The molecule has 0 bridgehead atoms.